The maximum atomic E-state index is 11.2. The Balaban J connectivity index is 1.82. The minimum atomic E-state index is -3.99. The van der Waals surface area contributed by atoms with Gasteiger partial charge in [-0.25, -0.2) is 0 Å². The minimum Gasteiger partial charge on any atom is -0.496 e. The van der Waals surface area contributed by atoms with Crippen LogP contribution in [-0.4, -0.2) is 25.8 Å². The number of rotatable bonds is 7. The third-order valence-electron chi connectivity index (χ3n) is 4.68. The molecule has 4 aromatic rings. The Hall–Kier alpha value is -1.78. The van der Waals surface area contributed by atoms with Gasteiger partial charge >= 0.3 is 0 Å². The quantitative estimate of drug-likeness (QED) is 0.251. The van der Waals surface area contributed by atoms with Crippen LogP contribution in [0.5, 0.6) is 5.75 Å². The van der Waals surface area contributed by atoms with Gasteiger partial charge in [-0.15, -0.1) is 11.3 Å². The van der Waals surface area contributed by atoms with Crippen LogP contribution in [0.1, 0.15) is 17.0 Å². The van der Waals surface area contributed by atoms with Crippen LogP contribution in [0.2, 0.25) is 0 Å². The van der Waals surface area contributed by atoms with Crippen LogP contribution in [0, 0.1) is 0 Å². The second-order valence-corrected chi connectivity index (χ2v) is 11.2. The lowest BCUT2D eigenvalue weighted by molar-refractivity contribution is -0.667. The average Bonchev–Trinajstić information content (AvgIpc) is 3.30. The van der Waals surface area contributed by atoms with Gasteiger partial charge in [-0.05, 0) is 35.2 Å². The Morgan fingerprint density at radius 1 is 1.20 bits per heavy atom. The van der Waals surface area contributed by atoms with Crippen molar-refractivity contribution >= 4 is 81.2 Å². The molecule has 0 unspecified atom stereocenters. The fourth-order valence-corrected chi connectivity index (χ4v) is 6.26. The number of hydrogen-bond acceptors (Lipinski definition) is 5. The Labute approximate surface area is 191 Å². The van der Waals surface area contributed by atoms with Gasteiger partial charge in [-0.1, -0.05) is 39.4 Å². The average molecular weight is 525 g/mol. The summed E-state index contributed by atoms with van der Waals surface area (Å²) in [6.07, 6.45) is 4.42. The summed E-state index contributed by atoms with van der Waals surface area (Å²) >= 11 is 6.72. The molecule has 0 saturated carbocycles. The predicted molar refractivity (Wildman–Crippen MR) is 128 cm³/mol. The van der Waals surface area contributed by atoms with Crippen LogP contribution in [0.15, 0.2) is 46.3 Å². The van der Waals surface area contributed by atoms with Crippen LogP contribution in [0.3, 0.4) is 0 Å². The lowest BCUT2D eigenvalue weighted by Gasteiger charge is -2.02. The summed E-state index contributed by atoms with van der Waals surface area (Å²) < 4.78 is 42.5. The Kier molecular flexibility index (Phi) is 6.26. The van der Waals surface area contributed by atoms with Crippen LogP contribution >= 0.6 is 38.6 Å². The topological polar surface area (TPSA) is 67.5 Å². The Morgan fingerprint density at radius 3 is 2.67 bits per heavy atom. The van der Waals surface area contributed by atoms with E-state index in [-0.39, 0.29) is 5.75 Å². The van der Waals surface area contributed by atoms with Crippen LogP contribution in [0.4, 0.5) is 0 Å². The largest absolute Gasteiger partial charge is 0.496 e. The first-order valence-corrected chi connectivity index (χ1v) is 13.2. The standard InChI is InChI=1S/C21H18BrNO4S3/c1-27-17-13-18-20(21-16(17)9-11-28-21)23(10-2-12-30(24,25)26)19(29-18)8-5-14-3-6-15(22)7-4-14/h3-9,11,13H,2,10,12H2,1H3/p+1/b8-5-. The predicted octanol–water partition coefficient (Wildman–Crippen LogP) is 5.62. The third-order valence-corrected chi connectivity index (χ3v) is 8.04. The van der Waals surface area contributed by atoms with Gasteiger partial charge in [0.05, 0.1) is 12.9 Å². The third kappa shape index (κ3) is 4.60. The number of fused-ring (bicyclic) bond motifs is 3. The SMILES string of the molecule is COc1cc2sc(/C=C\c3ccc(Br)cc3)[n+](CCCS(=O)(=O)O)c2c2sccc12. The fourth-order valence-electron chi connectivity index (χ4n) is 3.34. The number of methoxy groups -OCH3 is 1. The van der Waals surface area contributed by atoms with Crippen molar-refractivity contribution in [3.05, 3.63) is 56.8 Å². The molecule has 0 aliphatic carbocycles. The van der Waals surface area contributed by atoms with Gasteiger partial charge in [0, 0.05) is 28.4 Å². The maximum absolute atomic E-state index is 11.2. The van der Waals surface area contributed by atoms with E-state index in [1.165, 1.54) is 0 Å². The fraction of sp³-hybridized carbons (Fsp3) is 0.190. The van der Waals surface area contributed by atoms with E-state index in [4.69, 9.17) is 9.29 Å². The molecule has 0 saturated heterocycles. The van der Waals surface area contributed by atoms with E-state index < -0.39 is 10.1 Å². The van der Waals surface area contributed by atoms with Crippen molar-refractivity contribution in [2.45, 2.75) is 13.0 Å². The highest BCUT2D eigenvalue weighted by atomic mass is 79.9. The van der Waals surface area contributed by atoms with Crippen LogP contribution in [-0.2, 0) is 16.7 Å². The van der Waals surface area contributed by atoms with Gasteiger partial charge in [-0.3, -0.25) is 4.55 Å². The second-order valence-electron chi connectivity index (χ2n) is 6.71. The summed E-state index contributed by atoms with van der Waals surface area (Å²) in [6.45, 7) is 0.485. The van der Waals surface area contributed by atoms with Crippen LogP contribution in [0.25, 0.3) is 32.5 Å². The lowest BCUT2D eigenvalue weighted by Crippen LogP contribution is -2.36. The molecule has 0 bridgehead atoms. The maximum Gasteiger partial charge on any atom is 0.265 e. The van der Waals surface area contributed by atoms with Gasteiger partial charge in [0.15, 0.2) is 6.54 Å². The van der Waals surface area contributed by atoms with Gasteiger partial charge < -0.3 is 4.74 Å². The molecule has 0 radical (unpaired) electrons. The smallest absolute Gasteiger partial charge is 0.265 e. The molecule has 2 aromatic heterocycles. The van der Waals surface area contributed by atoms with E-state index in [9.17, 15) is 8.42 Å². The van der Waals surface area contributed by atoms with Crippen molar-refractivity contribution in [3.8, 4) is 5.75 Å². The van der Waals surface area contributed by atoms with Crippen molar-refractivity contribution in [3.63, 3.8) is 0 Å². The molecule has 0 amide bonds. The van der Waals surface area contributed by atoms with E-state index in [1.54, 1.807) is 29.8 Å². The number of nitrogens with zero attached hydrogens (tertiary/aromatic N) is 1. The van der Waals surface area contributed by atoms with Crippen molar-refractivity contribution in [1.29, 1.82) is 0 Å². The number of hydrogen-bond donors (Lipinski definition) is 1. The first-order chi connectivity index (χ1) is 14.4. The molecule has 1 N–H and O–H groups in total. The molecule has 0 aliphatic rings. The molecule has 0 fully saturated rings. The summed E-state index contributed by atoms with van der Waals surface area (Å²) in [6, 6.07) is 12.1. The molecule has 156 valence electrons. The van der Waals surface area contributed by atoms with Crippen molar-refractivity contribution in [2.24, 2.45) is 0 Å². The molecule has 0 spiro atoms. The lowest BCUT2D eigenvalue weighted by atomic mass is 10.2. The Bertz CT molecular complexity index is 1340. The molecule has 5 nitrogen and oxygen atoms in total. The molecule has 2 heterocycles. The van der Waals surface area contributed by atoms with Gasteiger partial charge in [0.1, 0.15) is 15.1 Å². The first-order valence-electron chi connectivity index (χ1n) is 9.15. The Morgan fingerprint density at radius 2 is 1.97 bits per heavy atom. The van der Waals surface area contributed by atoms with Gasteiger partial charge in [-0.2, -0.15) is 13.0 Å². The summed E-state index contributed by atoms with van der Waals surface area (Å²) in [4.78, 5) is 0. The number of thiazole rings is 1. The highest BCUT2D eigenvalue weighted by Crippen LogP contribution is 2.38. The number of ether oxygens (including phenoxy) is 1. The molecule has 2 aromatic carbocycles. The van der Waals surface area contributed by atoms with Crippen molar-refractivity contribution < 1.29 is 22.3 Å². The zero-order valence-corrected chi connectivity index (χ0v) is 20.1. The summed E-state index contributed by atoms with van der Waals surface area (Å²) in [7, 11) is -2.33. The van der Waals surface area contributed by atoms with Crippen LogP contribution < -0.4 is 9.30 Å². The van der Waals surface area contributed by atoms with Crippen molar-refractivity contribution in [1.82, 2.24) is 0 Å². The second kappa shape index (κ2) is 8.76. The zero-order valence-electron chi connectivity index (χ0n) is 16.0. The first kappa shape index (κ1) is 21.5. The summed E-state index contributed by atoms with van der Waals surface area (Å²) in [5.74, 6) is 0.560. The van der Waals surface area contributed by atoms with E-state index in [1.807, 2.05) is 53.9 Å². The molecule has 30 heavy (non-hydrogen) atoms. The van der Waals surface area contributed by atoms with Crippen molar-refractivity contribution in [2.75, 3.05) is 12.9 Å². The molecule has 0 aliphatic heterocycles. The van der Waals surface area contributed by atoms with E-state index in [0.29, 0.717) is 13.0 Å². The summed E-state index contributed by atoms with van der Waals surface area (Å²) in [5.41, 5.74) is 2.13. The molecular weight excluding hydrogens is 506 g/mol. The minimum absolute atomic E-state index is 0.267. The highest BCUT2D eigenvalue weighted by molar-refractivity contribution is 9.10. The van der Waals surface area contributed by atoms with E-state index >= 15 is 0 Å². The van der Waals surface area contributed by atoms with Gasteiger partial charge in [0.2, 0.25) is 5.52 Å². The zero-order chi connectivity index (χ0) is 21.3. The normalized spacial score (nSPS) is 12.4. The van der Waals surface area contributed by atoms with E-state index in [0.717, 1.165) is 41.1 Å². The molecule has 0 atom stereocenters. The molecule has 9 heteroatoms. The van der Waals surface area contributed by atoms with E-state index in [2.05, 4.69) is 20.5 Å². The highest BCUT2D eigenvalue weighted by Gasteiger charge is 2.24. The number of benzene rings is 2. The number of halogens is 1. The number of aromatic nitrogens is 1. The monoisotopic (exact) mass is 524 g/mol. The van der Waals surface area contributed by atoms with Gasteiger partial charge in [0.25, 0.3) is 15.1 Å². The number of thiophene rings is 1. The molecular formula is C21H19BrNO4S3+. The summed E-state index contributed by atoms with van der Waals surface area (Å²) in [5, 5.41) is 4.08. The molecule has 4 rings (SSSR count). The number of aryl methyl sites for hydroxylation is 1.